The normalized spacial score (nSPS) is 12.7. The lowest BCUT2D eigenvalue weighted by atomic mass is 10.2. The number of thioether (sulfide) groups is 1. The summed E-state index contributed by atoms with van der Waals surface area (Å²) in [5, 5.41) is 0. The maximum absolute atomic E-state index is 2.39. The third-order valence-corrected chi connectivity index (χ3v) is 4.59. The zero-order chi connectivity index (χ0) is 12.7. The second-order valence-electron chi connectivity index (χ2n) is 5.33. The Morgan fingerprint density at radius 2 is 1.71 bits per heavy atom. The Balaban J connectivity index is 2.48. The van der Waals surface area contributed by atoms with E-state index in [2.05, 4.69) is 74.5 Å². The highest BCUT2D eigenvalue weighted by molar-refractivity contribution is 7.98. The molecule has 17 heavy (non-hydrogen) atoms. The molecule has 0 aliphatic rings. The van der Waals surface area contributed by atoms with E-state index in [1.165, 1.54) is 16.5 Å². The molecule has 0 fully saturated rings. The Labute approximate surface area is 111 Å². The van der Waals surface area contributed by atoms with Crippen LogP contribution in [0.1, 0.15) is 5.56 Å². The molecular formula is C15H22SSi. The van der Waals surface area contributed by atoms with E-state index in [0.717, 1.165) is 0 Å². The van der Waals surface area contributed by atoms with Crippen LogP contribution in [0.15, 0.2) is 47.4 Å². The van der Waals surface area contributed by atoms with Crippen molar-refractivity contribution in [2.24, 2.45) is 0 Å². The third-order valence-electron chi connectivity index (χ3n) is 2.38. The van der Waals surface area contributed by atoms with Gasteiger partial charge in [-0.2, -0.15) is 0 Å². The van der Waals surface area contributed by atoms with Crippen LogP contribution in [-0.2, 0) is 0 Å². The number of hydrogen-bond acceptors (Lipinski definition) is 1. The first kappa shape index (κ1) is 14.3. The van der Waals surface area contributed by atoms with Crippen molar-refractivity contribution in [3.63, 3.8) is 0 Å². The first-order valence-corrected chi connectivity index (χ1v) is 10.9. The van der Waals surface area contributed by atoms with E-state index in [4.69, 9.17) is 0 Å². The van der Waals surface area contributed by atoms with Crippen molar-refractivity contribution >= 4 is 25.9 Å². The molecule has 1 aromatic rings. The van der Waals surface area contributed by atoms with Gasteiger partial charge in [-0.25, -0.2) is 0 Å². The average Bonchev–Trinajstić information content (AvgIpc) is 2.28. The van der Waals surface area contributed by atoms with Crippen LogP contribution in [0.3, 0.4) is 0 Å². The zero-order valence-electron chi connectivity index (χ0n) is 11.2. The van der Waals surface area contributed by atoms with E-state index in [-0.39, 0.29) is 0 Å². The molecule has 0 atom stereocenters. The van der Waals surface area contributed by atoms with Crippen molar-refractivity contribution in [1.82, 2.24) is 0 Å². The lowest BCUT2D eigenvalue weighted by Crippen LogP contribution is -2.17. The topological polar surface area (TPSA) is 0 Å². The second kappa shape index (κ2) is 6.87. The summed E-state index contributed by atoms with van der Waals surface area (Å²) in [5.74, 6) is 0. The van der Waals surface area contributed by atoms with Gasteiger partial charge in [-0.1, -0.05) is 56.1 Å². The Kier molecular flexibility index (Phi) is 5.79. The van der Waals surface area contributed by atoms with Crippen molar-refractivity contribution in [2.75, 3.05) is 6.26 Å². The molecular weight excluding hydrogens is 240 g/mol. The van der Waals surface area contributed by atoms with Gasteiger partial charge in [0.25, 0.3) is 0 Å². The summed E-state index contributed by atoms with van der Waals surface area (Å²) in [6.45, 7) is 7.17. The number of hydrogen-bond donors (Lipinski definition) is 0. The van der Waals surface area contributed by atoms with E-state index in [1.807, 2.05) is 0 Å². The van der Waals surface area contributed by atoms with Crippen molar-refractivity contribution < 1.29 is 0 Å². The average molecular weight is 262 g/mol. The Hall–Kier alpha value is -0.733. The van der Waals surface area contributed by atoms with Crippen LogP contribution in [-0.4, -0.2) is 14.3 Å². The lowest BCUT2D eigenvalue weighted by Gasteiger charge is -2.10. The zero-order valence-corrected chi connectivity index (χ0v) is 13.1. The van der Waals surface area contributed by atoms with Crippen molar-refractivity contribution in [3.05, 3.63) is 48.1 Å². The highest BCUT2D eigenvalue weighted by Crippen LogP contribution is 2.15. The molecule has 0 saturated carbocycles. The van der Waals surface area contributed by atoms with E-state index in [9.17, 15) is 0 Å². The van der Waals surface area contributed by atoms with Crippen LogP contribution in [0.2, 0.25) is 25.7 Å². The molecule has 0 spiro atoms. The second-order valence-corrected chi connectivity index (χ2v) is 11.7. The van der Waals surface area contributed by atoms with Gasteiger partial charge in [0, 0.05) is 13.0 Å². The van der Waals surface area contributed by atoms with Crippen molar-refractivity contribution in [2.45, 2.75) is 30.6 Å². The van der Waals surface area contributed by atoms with E-state index >= 15 is 0 Å². The first-order valence-electron chi connectivity index (χ1n) is 5.98. The van der Waals surface area contributed by atoms with Crippen LogP contribution in [0, 0.1) is 0 Å². The minimum Gasteiger partial charge on any atom is -0.130 e. The Morgan fingerprint density at radius 3 is 2.24 bits per heavy atom. The first-order chi connectivity index (χ1) is 8.01. The summed E-state index contributed by atoms with van der Waals surface area (Å²) in [6.07, 6.45) is 10.8. The minimum absolute atomic E-state index is 0.922. The fourth-order valence-corrected chi connectivity index (χ4v) is 2.63. The van der Waals surface area contributed by atoms with Gasteiger partial charge in [-0.3, -0.25) is 0 Å². The standard InChI is InChI=1S/C15H22SSi/c1-16-15-11-9-14(10-12-15)8-6-5-7-13-17(2,3)4/h5-12H,13H2,1-4H3/b7-5-,8-6+. The molecule has 0 N–H and O–H groups in total. The predicted octanol–water partition coefficient (Wildman–Crippen LogP) is 5.32. The Morgan fingerprint density at radius 1 is 1.06 bits per heavy atom. The quantitative estimate of drug-likeness (QED) is 0.393. The number of allylic oxidation sites excluding steroid dienone is 3. The van der Waals surface area contributed by atoms with E-state index in [0.29, 0.717) is 0 Å². The number of rotatable bonds is 5. The van der Waals surface area contributed by atoms with Crippen molar-refractivity contribution in [3.8, 4) is 0 Å². The monoisotopic (exact) mass is 262 g/mol. The summed E-state index contributed by atoms with van der Waals surface area (Å²) >= 11 is 1.78. The van der Waals surface area contributed by atoms with Crippen LogP contribution in [0.5, 0.6) is 0 Å². The van der Waals surface area contributed by atoms with Crippen molar-refractivity contribution in [1.29, 1.82) is 0 Å². The summed E-state index contributed by atoms with van der Waals surface area (Å²) in [4.78, 5) is 1.32. The van der Waals surface area contributed by atoms with E-state index in [1.54, 1.807) is 11.8 Å². The molecule has 0 unspecified atom stereocenters. The molecule has 0 heterocycles. The minimum atomic E-state index is -0.922. The van der Waals surface area contributed by atoms with Crippen LogP contribution in [0.25, 0.3) is 6.08 Å². The van der Waals surface area contributed by atoms with Gasteiger partial charge in [0.2, 0.25) is 0 Å². The molecule has 1 rings (SSSR count). The SMILES string of the molecule is CSc1ccc(/C=C/C=C\C[Si](C)(C)C)cc1. The van der Waals surface area contributed by atoms with Crippen LogP contribution >= 0.6 is 11.8 Å². The van der Waals surface area contributed by atoms with Gasteiger partial charge in [0.15, 0.2) is 0 Å². The van der Waals surface area contributed by atoms with Crippen LogP contribution < -0.4 is 0 Å². The molecule has 0 amide bonds. The highest BCUT2D eigenvalue weighted by Gasteiger charge is 2.08. The van der Waals surface area contributed by atoms with Crippen LogP contribution in [0.4, 0.5) is 0 Å². The lowest BCUT2D eigenvalue weighted by molar-refractivity contribution is 1.45. The van der Waals surface area contributed by atoms with Gasteiger partial charge >= 0.3 is 0 Å². The summed E-state index contributed by atoms with van der Waals surface area (Å²) in [6, 6.07) is 9.90. The molecule has 0 aliphatic heterocycles. The highest BCUT2D eigenvalue weighted by atomic mass is 32.2. The smallest absolute Gasteiger partial charge is 0.0480 e. The fourth-order valence-electron chi connectivity index (χ4n) is 1.38. The fraction of sp³-hybridized carbons (Fsp3) is 0.333. The summed E-state index contributed by atoms with van der Waals surface area (Å²) in [5.41, 5.74) is 1.26. The maximum atomic E-state index is 2.39. The molecule has 0 bridgehead atoms. The molecule has 0 aliphatic carbocycles. The molecule has 0 radical (unpaired) electrons. The molecule has 0 aromatic heterocycles. The summed E-state index contributed by atoms with van der Waals surface area (Å²) in [7, 11) is -0.922. The molecule has 1 aromatic carbocycles. The van der Waals surface area contributed by atoms with Gasteiger partial charge in [0.05, 0.1) is 0 Å². The van der Waals surface area contributed by atoms with Gasteiger partial charge in [0.1, 0.15) is 0 Å². The molecule has 92 valence electrons. The van der Waals surface area contributed by atoms with Gasteiger partial charge in [-0.05, 0) is 30.0 Å². The summed E-state index contributed by atoms with van der Waals surface area (Å²) < 4.78 is 0. The number of benzene rings is 1. The third kappa shape index (κ3) is 6.54. The molecule has 0 saturated heterocycles. The van der Waals surface area contributed by atoms with Gasteiger partial charge in [-0.15, -0.1) is 11.8 Å². The molecule has 0 nitrogen and oxygen atoms in total. The van der Waals surface area contributed by atoms with Gasteiger partial charge < -0.3 is 0 Å². The van der Waals surface area contributed by atoms with E-state index < -0.39 is 8.07 Å². The molecule has 2 heteroatoms. The predicted molar refractivity (Wildman–Crippen MR) is 84.6 cm³/mol. The maximum Gasteiger partial charge on any atom is 0.0480 e. The largest absolute Gasteiger partial charge is 0.130 e. The Bertz CT molecular complexity index is 382.